The van der Waals surface area contributed by atoms with E-state index in [0.29, 0.717) is 6.42 Å². The summed E-state index contributed by atoms with van der Waals surface area (Å²) in [6, 6.07) is 3.55. The lowest BCUT2D eigenvalue weighted by Crippen LogP contribution is -2.51. The highest BCUT2D eigenvalue weighted by Gasteiger charge is 2.32. The van der Waals surface area contributed by atoms with Crippen molar-refractivity contribution in [2.24, 2.45) is 0 Å². The predicted octanol–water partition coefficient (Wildman–Crippen LogP) is 3.06. The molecule has 0 aliphatic carbocycles. The number of hydrogen-bond acceptors (Lipinski definition) is 5. The molecule has 1 aliphatic rings. The maximum absolute atomic E-state index is 12.3. The standard InChI is InChI=1S/C17H18Cl2N2O5/c1-3-11-13(16(23)25-4-2)12(21-17(24)20-11)8-26-15(22)9-6-5-7-10(18)14(9)19/h5-7,11H,3-4,8H2,1-2H3,(H2,20,21,24)/t11-/m1/s1. The van der Waals surface area contributed by atoms with Crippen molar-refractivity contribution < 1.29 is 23.9 Å². The van der Waals surface area contributed by atoms with E-state index in [-0.39, 0.29) is 40.1 Å². The number of urea groups is 1. The molecule has 0 radical (unpaired) electrons. The Balaban J connectivity index is 2.25. The third-order valence-corrected chi connectivity index (χ3v) is 4.48. The van der Waals surface area contributed by atoms with E-state index in [1.165, 1.54) is 6.07 Å². The van der Waals surface area contributed by atoms with Crippen LogP contribution in [0.2, 0.25) is 10.0 Å². The molecule has 2 amide bonds. The van der Waals surface area contributed by atoms with Gasteiger partial charge in [-0.25, -0.2) is 14.4 Å². The Morgan fingerprint density at radius 3 is 2.54 bits per heavy atom. The summed E-state index contributed by atoms with van der Waals surface area (Å²) in [5.74, 6) is -1.31. The van der Waals surface area contributed by atoms with Crippen LogP contribution in [0.1, 0.15) is 30.6 Å². The zero-order valence-corrected chi connectivity index (χ0v) is 15.7. The minimum absolute atomic E-state index is 0.0690. The Hall–Kier alpha value is -2.25. The zero-order chi connectivity index (χ0) is 19.3. The van der Waals surface area contributed by atoms with Crippen LogP contribution < -0.4 is 10.6 Å². The molecule has 1 atom stereocenters. The number of halogens is 2. The number of benzene rings is 1. The second-order valence-corrected chi connectivity index (χ2v) is 6.13. The van der Waals surface area contributed by atoms with Gasteiger partial charge in [-0.2, -0.15) is 0 Å². The van der Waals surface area contributed by atoms with Crippen LogP contribution in [0.25, 0.3) is 0 Å². The molecule has 9 heteroatoms. The van der Waals surface area contributed by atoms with E-state index in [0.717, 1.165) is 0 Å². The van der Waals surface area contributed by atoms with Gasteiger partial charge in [-0.3, -0.25) is 0 Å². The zero-order valence-electron chi connectivity index (χ0n) is 14.2. The van der Waals surface area contributed by atoms with Gasteiger partial charge in [-0.15, -0.1) is 0 Å². The van der Waals surface area contributed by atoms with Crippen molar-refractivity contribution >= 4 is 41.2 Å². The molecule has 140 valence electrons. The number of ether oxygens (including phenoxy) is 2. The van der Waals surface area contributed by atoms with Gasteiger partial charge in [-0.05, 0) is 25.5 Å². The number of nitrogens with one attached hydrogen (secondary N) is 2. The quantitative estimate of drug-likeness (QED) is 0.715. The van der Waals surface area contributed by atoms with Crippen molar-refractivity contribution in [3.05, 3.63) is 45.1 Å². The number of amides is 2. The van der Waals surface area contributed by atoms with Gasteiger partial charge < -0.3 is 20.1 Å². The number of hydrogen-bond donors (Lipinski definition) is 2. The van der Waals surface area contributed by atoms with Crippen molar-refractivity contribution in [3.8, 4) is 0 Å². The monoisotopic (exact) mass is 400 g/mol. The largest absolute Gasteiger partial charge is 0.463 e. The summed E-state index contributed by atoms with van der Waals surface area (Å²) in [6.45, 7) is 3.34. The molecule has 1 aromatic carbocycles. The van der Waals surface area contributed by atoms with Gasteiger partial charge in [0.25, 0.3) is 0 Å². The van der Waals surface area contributed by atoms with Crippen LogP contribution in [-0.2, 0) is 14.3 Å². The SMILES string of the molecule is CCOC(=O)C1=C(COC(=O)c2cccc(Cl)c2Cl)NC(=O)N[C@@H]1CC. The van der Waals surface area contributed by atoms with E-state index in [2.05, 4.69) is 10.6 Å². The molecular weight excluding hydrogens is 383 g/mol. The molecule has 7 nitrogen and oxygen atoms in total. The average molecular weight is 401 g/mol. The van der Waals surface area contributed by atoms with Crippen LogP contribution in [0.15, 0.2) is 29.5 Å². The average Bonchev–Trinajstić information content (AvgIpc) is 2.61. The first kappa shape index (κ1) is 20.1. The fourth-order valence-electron chi connectivity index (χ4n) is 2.45. The van der Waals surface area contributed by atoms with Crippen LogP contribution in [0.3, 0.4) is 0 Å². The minimum atomic E-state index is -0.728. The van der Waals surface area contributed by atoms with Gasteiger partial charge in [0, 0.05) is 0 Å². The number of carbonyl (C=O) groups is 3. The molecule has 1 heterocycles. The minimum Gasteiger partial charge on any atom is -0.463 e. The van der Waals surface area contributed by atoms with E-state index in [1.54, 1.807) is 19.1 Å². The summed E-state index contributed by atoms with van der Waals surface area (Å²) in [7, 11) is 0. The summed E-state index contributed by atoms with van der Waals surface area (Å²) in [5.41, 5.74) is 0.481. The molecule has 0 saturated heterocycles. The van der Waals surface area contributed by atoms with Gasteiger partial charge >= 0.3 is 18.0 Å². The third kappa shape index (κ3) is 4.47. The second kappa shape index (κ2) is 8.91. The van der Waals surface area contributed by atoms with Crippen LogP contribution in [0, 0.1) is 0 Å². The van der Waals surface area contributed by atoms with Crippen molar-refractivity contribution in [2.75, 3.05) is 13.2 Å². The van der Waals surface area contributed by atoms with Gasteiger partial charge in [0.2, 0.25) is 0 Å². The highest BCUT2D eigenvalue weighted by molar-refractivity contribution is 6.43. The summed E-state index contributed by atoms with van der Waals surface area (Å²) in [4.78, 5) is 36.3. The molecular formula is C17H18Cl2N2O5. The fraction of sp³-hybridized carbons (Fsp3) is 0.353. The predicted molar refractivity (Wildman–Crippen MR) is 96.1 cm³/mol. The Bertz CT molecular complexity index is 764. The lowest BCUT2D eigenvalue weighted by atomic mass is 10.0. The summed E-state index contributed by atoms with van der Waals surface area (Å²) in [5, 5.41) is 5.41. The lowest BCUT2D eigenvalue weighted by molar-refractivity contribution is -0.139. The lowest BCUT2D eigenvalue weighted by Gasteiger charge is -2.28. The fourth-order valence-corrected chi connectivity index (χ4v) is 2.83. The molecule has 0 saturated carbocycles. The smallest absolute Gasteiger partial charge is 0.340 e. The highest BCUT2D eigenvalue weighted by Crippen LogP contribution is 2.26. The van der Waals surface area contributed by atoms with Crippen LogP contribution in [0.5, 0.6) is 0 Å². The Kier molecular flexibility index (Phi) is 6.88. The van der Waals surface area contributed by atoms with Crippen LogP contribution >= 0.6 is 23.2 Å². The molecule has 2 N–H and O–H groups in total. The number of carbonyl (C=O) groups excluding carboxylic acids is 3. The van der Waals surface area contributed by atoms with E-state index in [4.69, 9.17) is 32.7 Å². The van der Waals surface area contributed by atoms with Gasteiger partial charge in [0.05, 0.1) is 39.5 Å². The molecule has 0 aromatic heterocycles. The Morgan fingerprint density at radius 2 is 1.88 bits per heavy atom. The Labute approximate surface area is 160 Å². The first-order valence-corrected chi connectivity index (χ1v) is 8.73. The molecule has 1 aromatic rings. The van der Waals surface area contributed by atoms with Crippen molar-refractivity contribution in [1.29, 1.82) is 0 Å². The first-order chi connectivity index (χ1) is 12.4. The molecule has 0 fully saturated rings. The van der Waals surface area contributed by atoms with Crippen LogP contribution in [-0.4, -0.2) is 37.2 Å². The molecule has 2 rings (SSSR count). The summed E-state index contributed by atoms with van der Waals surface area (Å²) >= 11 is 11.9. The first-order valence-electron chi connectivity index (χ1n) is 7.97. The maximum atomic E-state index is 12.3. The number of rotatable bonds is 6. The van der Waals surface area contributed by atoms with Crippen molar-refractivity contribution in [2.45, 2.75) is 26.3 Å². The highest BCUT2D eigenvalue weighted by atomic mass is 35.5. The molecule has 0 spiro atoms. The van der Waals surface area contributed by atoms with Crippen molar-refractivity contribution in [1.82, 2.24) is 10.6 Å². The van der Waals surface area contributed by atoms with Gasteiger partial charge in [-0.1, -0.05) is 36.2 Å². The van der Waals surface area contributed by atoms with E-state index < -0.39 is 24.0 Å². The molecule has 0 unspecified atom stereocenters. The topological polar surface area (TPSA) is 93.7 Å². The summed E-state index contributed by atoms with van der Waals surface area (Å²) in [6.07, 6.45) is 0.471. The molecule has 1 aliphatic heterocycles. The van der Waals surface area contributed by atoms with Crippen molar-refractivity contribution in [3.63, 3.8) is 0 Å². The molecule has 26 heavy (non-hydrogen) atoms. The number of esters is 2. The molecule has 0 bridgehead atoms. The summed E-state index contributed by atoms with van der Waals surface area (Å²) < 4.78 is 10.3. The third-order valence-electron chi connectivity index (χ3n) is 3.67. The van der Waals surface area contributed by atoms with E-state index in [1.807, 2.05) is 6.92 Å². The van der Waals surface area contributed by atoms with Crippen LogP contribution in [0.4, 0.5) is 4.79 Å². The van der Waals surface area contributed by atoms with Gasteiger partial charge in [0.1, 0.15) is 6.61 Å². The van der Waals surface area contributed by atoms with E-state index >= 15 is 0 Å². The Morgan fingerprint density at radius 1 is 1.15 bits per heavy atom. The van der Waals surface area contributed by atoms with E-state index in [9.17, 15) is 14.4 Å². The normalized spacial score (nSPS) is 16.6. The van der Waals surface area contributed by atoms with Gasteiger partial charge in [0.15, 0.2) is 0 Å². The maximum Gasteiger partial charge on any atom is 0.340 e. The second-order valence-electron chi connectivity index (χ2n) is 5.35.